The Morgan fingerprint density at radius 1 is 1.47 bits per heavy atom. The molecule has 1 unspecified atom stereocenters. The Bertz CT molecular complexity index is 496. The van der Waals surface area contributed by atoms with Crippen LogP contribution in [-0.2, 0) is 0 Å². The molecule has 4 heteroatoms. The first-order chi connectivity index (χ1) is 7.25. The second-order valence-corrected chi connectivity index (χ2v) is 4.32. The number of hydrogen-bond donors (Lipinski definition) is 1. The highest BCUT2D eigenvalue weighted by Gasteiger charge is 2.24. The van der Waals surface area contributed by atoms with Gasteiger partial charge in [-0.1, -0.05) is 0 Å². The lowest BCUT2D eigenvalue weighted by Gasteiger charge is -2.02. The maximum atomic E-state index is 5.84. The van der Waals surface area contributed by atoms with E-state index in [2.05, 4.69) is 16.3 Å². The Morgan fingerprint density at radius 3 is 2.93 bits per heavy atom. The van der Waals surface area contributed by atoms with E-state index in [1.807, 2.05) is 23.8 Å². The molecule has 0 saturated heterocycles. The van der Waals surface area contributed by atoms with Gasteiger partial charge in [0.05, 0.1) is 6.20 Å². The van der Waals surface area contributed by atoms with Gasteiger partial charge < -0.3 is 5.73 Å². The van der Waals surface area contributed by atoms with Crippen molar-refractivity contribution in [2.24, 2.45) is 5.73 Å². The van der Waals surface area contributed by atoms with Crippen LogP contribution in [-0.4, -0.2) is 14.6 Å². The fraction of sp³-hybridized carbons (Fsp3) is 0.455. The zero-order valence-corrected chi connectivity index (χ0v) is 8.72. The van der Waals surface area contributed by atoms with Crippen LogP contribution < -0.4 is 5.73 Å². The molecule has 2 N–H and O–H groups in total. The van der Waals surface area contributed by atoms with Gasteiger partial charge in [0.25, 0.3) is 0 Å². The molecule has 2 aromatic heterocycles. The Kier molecular flexibility index (Phi) is 1.79. The molecule has 15 heavy (non-hydrogen) atoms. The zero-order valence-electron chi connectivity index (χ0n) is 8.72. The summed E-state index contributed by atoms with van der Waals surface area (Å²) in [7, 11) is 0. The average Bonchev–Trinajstić information content (AvgIpc) is 2.97. The summed E-state index contributed by atoms with van der Waals surface area (Å²) in [6, 6.07) is -0.0122. The van der Waals surface area contributed by atoms with Crippen molar-refractivity contribution in [3.05, 3.63) is 29.7 Å². The van der Waals surface area contributed by atoms with Gasteiger partial charge in [0.2, 0.25) is 0 Å². The minimum atomic E-state index is -0.0122. The van der Waals surface area contributed by atoms with Gasteiger partial charge in [0.1, 0.15) is 0 Å². The quantitative estimate of drug-likeness (QED) is 0.805. The van der Waals surface area contributed by atoms with E-state index in [0.29, 0.717) is 5.92 Å². The maximum absolute atomic E-state index is 5.84. The molecule has 78 valence electrons. The van der Waals surface area contributed by atoms with Crippen molar-refractivity contribution in [2.75, 3.05) is 0 Å². The highest BCUT2D eigenvalue weighted by molar-refractivity contribution is 5.48. The van der Waals surface area contributed by atoms with Crippen molar-refractivity contribution >= 4 is 5.65 Å². The standard InChI is InChI=1S/C11H14N4/c1-7(12)10-5-14-15-6-9(8-2-3-8)4-13-11(10)15/h4-8H,2-3,12H2,1H3. The first kappa shape index (κ1) is 8.85. The van der Waals surface area contributed by atoms with Crippen LogP contribution in [0.25, 0.3) is 5.65 Å². The van der Waals surface area contributed by atoms with E-state index < -0.39 is 0 Å². The summed E-state index contributed by atoms with van der Waals surface area (Å²) in [6.07, 6.45) is 8.42. The lowest BCUT2D eigenvalue weighted by molar-refractivity contribution is 0.822. The summed E-state index contributed by atoms with van der Waals surface area (Å²) >= 11 is 0. The third-order valence-corrected chi connectivity index (χ3v) is 2.94. The Morgan fingerprint density at radius 2 is 2.27 bits per heavy atom. The van der Waals surface area contributed by atoms with E-state index in [4.69, 9.17) is 5.73 Å². The van der Waals surface area contributed by atoms with E-state index in [0.717, 1.165) is 11.2 Å². The van der Waals surface area contributed by atoms with Crippen molar-refractivity contribution in [1.29, 1.82) is 0 Å². The zero-order chi connectivity index (χ0) is 10.4. The van der Waals surface area contributed by atoms with Crippen molar-refractivity contribution < 1.29 is 0 Å². The molecule has 0 bridgehead atoms. The van der Waals surface area contributed by atoms with Crippen LogP contribution in [0.5, 0.6) is 0 Å². The van der Waals surface area contributed by atoms with Gasteiger partial charge in [-0.3, -0.25) is 0 Å². The molecule has 0 aromatic carbocycles. The third-order valence-electron chi connectivity index (χ3n) is 2.94. The van der Waals surface area contributed by atoms with Crippen LogP contribution in [0, 0.1) is 0 Å². The van der Waals surface area contributed by atoms with E-state index >= 15 is 0 Å². The third kappa shape index (κ3) is 1.41. The van der Waals surface area contributed by atoms with Crippen LogP contribution in [0.1, 0.15) is 42.9 Å². The van der Waals surface area contributed by atoms with Crippen LogP contribution in [0.3, 0.4) is 0 Å². The monoisotopic (exact) mass is 202 g/mol. The maximum Gasteiger partial charge on any atom is 0.159 e. The number of rotatable bonds is 2. The summed E-state index contributed by atoms with van der Waals surface area (Å²) < 4.78 is 1.84. The molecule has 3 rings (SSSR count). The number of nitrogens with zero attached hydrogens (tertiary/aromatic N) is 3. The minimum Gasteiger partial charge on any atom is -0.324 e. The first-order valence-corrected chi connectivity index (χ1v) is 5.34. The smallest absolute Gasteiger partial charge is 0.159 e. The fourth-order valence-electron chi connectivity index (χ4n) is 1.86. The Balaban J connectivity index is 2.13. The molecule has 0 aliphatic heterocycles. The SMILES string of the molecule is CC(N)c1cnn2cc(C3CC3)cnc12. The fourth-order valence-corrected chi connectivity index (χ4v) is 1.86. The summed E-state index contributed by atoms with van der Waals surface area (Å²) in [5, 5.41) is 4.28. The van der Waals surface area contributed by atoms with Gasteiger partial charge in [-0.05, 0) is 31.2 Å². The molecular formula is C11H14N4. The highest BCUT2D eigenvalue weighted by atomic mass is 15.2. The molecular weight excluding hydrogens is 188 g/mol. The average molecular weight is 202 g/mol. The van der Waals surface area contributed by atoms with Crippen LogP contribution >= 0.6 is 0 Å². The summed E-state index contributed by atoms with van der Waals surface area (Å²) in [5.74, 6) is 0.713. The molecule has 2 heterocycles. The topological polar surface area (TPSA) is 56.2 Å². The molecule has 1 atom stereocenters. The molecule has 0 spiro atoms. The molecule has 2 aromatic rings. The summed E-state index contributed by atoms with van der Waals surface area (Å²) in [5.41, 5.74) is 9.03. The molecule has 0 radical (unpaired) electrons. The van der Waals surface area contributed by atoms with E-state index in [1.54, 1.807) is 0 Å². The minimum absolute atomic E-state index is 0.0122. The molecule has 0 amide bonds. The lowest BCUT2D eigenvalue weighted by atomic mass is 10.2. The number of fused-ring (bicyclic) bond motifs is 1. The van der Waals surface area contributed by atoms with Crippen molar-refractivity contribution in [3.8, 4) is 0 Å². The second kappa shape index (κ2) is 3.03. The Hall–Kier alpha value is -1.42. The Labute approximate surface area is 88.1 Å². The number of nitrogens with two attached hydrogens (primary N) is 1. The van der Waals surface area contributed by atoms with E-state index in [9.17, 15) is 0 Å². The predicted molar refractivity (Wildman–Crippen MR) is 57.6 cm³/mol. The van der Waals surface area contributed by atoms with E-state index in [-0.39, 0.29) is 6.04 Å². The van der Waals surface area contributed by atoms with Crippen molar-refractivity contribution in [3.63, 3.8) is 0 Å². The predicted octanol–water partition coefficient (Wildman–Crippen LogP) is 1.63. The largest absolute Gasteiger partial charge is 0.324 e. The second-order valence-electron chi connectivity index (χ2n) is 4.32. The van der Waals surface area contributed by atoms with Crippen LogP contribution in [0.15, 0.2) is 18.6 Å². The number of aromatic nitrogens is 3. The highest BCUT2D eigenvalue weighted by Crippen LogP contribution is 2.39. The van der Waals surface area contributed by atoms with Gasteiger partial charge in [0.15, 0.2) is 5.65 Å². The number of hydrogen-bond acceptors (Lipinski definition) is 3. The molecule has 1 aliphatic rings. The van der Waals surface area contributed by atoms with Gasteiger partial charge in [0, 0.05) is 24.0 Å². The van der Waals surface area contributed by atoms with Crippen LogP contribution in [0.2, 0.25) is 0 Å². The normalized spacial score (nSPS) is 18.3. The van der Waals surface area contributed by atoms with Gasteiger partial charge in [-0.2, -0.15) is 5.10 Å². The van der Waals surface area contributed by atoms with Crippen molar-refractivity contribution in [1.82, 2.24) is 14.6 Å². The van der Waals surface area contributed by atoms with Gasteiger partial charge in [-0.25, -0.2) is 9.50 Å². The van der Waals surface area contributed by atoms with Gasteiger partial charge >= 0.3 is 0 Å². The van der Waals surface area contributed by atoms with Crippen LogP contribution in [0.4, 0.5) is 0 Å². The van der Waals surface area contributed by atoms with Gasteiger partial charge in [-0.15, -0.1) is 0 Å². The van der Waals surface area contributed by atoms with E-state index in [1.165, 1.54) is 18.4 Å². The summed E-state index contributed by atoms with van der Waals surface area (Å²) in [6.45, 7) is 1.95. The molecule has 1 fully saturated rings. The molecule has 1 aliphatic carbocycles. The molecule has 1 saturated carbocycles. The first-order valence-electron chi connectivity index (χ1n) is 5.34. The summed E-state index contributed by atoms with van der Waals surface area (Å²) in [4.78, 5) is 4.44. The van der Waals surface area contributed by atoms with Crippen molar-refractivity contribution in [2.45, 2.75) is 31.7 Å². The molecule has 4 nitrogen and oxygen atoms in total. The lowest BCUT2D eigenvalue weighted by Crippen LogP contribution is -2.05.